The molecule has 0 radical (unpaired) electrons. The van der Waals surface area contributed by atoms with Gasteiger partial charge in [0.15, 0.2) is 5.96 Å². The van der Waals surface area contributed by atoms with E-state index in [-0.39, 0.29) is 0 Å². The van der Waals surface area contributed by atoms with E-state index < -0.39 is 0 Å². The van der Waals surface area contributed by atoms with Gasteiger partial charge in [0.2, 0.25) is 0 Å². The van der Waals surface area contributed by atoms with Gasteiger partial charge in [-0.2, -0.15) is 0 Å². The van der Waals surface area contributed by atoms with Crippen molar-refractivity contribution in [3.63, 3.8) is 0 Å². The lowest BCUT2D eigenvalue weighted by atomic mass is 10.2. The van der Waals surface area contributed by atoms with E-state index in [0.717, 1.165) is 38.6 Å². The number of para-hydroxylation sites is 1. The van der Waals surface area contributed by atoms with Crippen LogP contribution >= 0.6 is 0 Å². The molecule has 1 aromatic rings. The third-order valence-electron chi connectivity index (χ3n) is 4.07. The van der Waals surface area contributed by atoms with Crippen LogP contribution in [-0.2, 0) is 6.42 Å². The summed E-state index contributed by atoms with van der Waals surface area (Å²) < 4.78 is 0. The molecule has 0 bridgehead atoms. The molecule has 0 saturated heterocycles. The van der Waals surface area contributed by atoms with E-state index in [1.54, 1.807) is 0 Å². The maximum absolute atomic E-state index is 4.81. The molecule has 4 nitrogen and oxygen atoms in total. The van der Waals surface area contributed by atoms with Crippen LogP contribution in [0.2, 0.25) is 0 Å². The molecule has 1 aromatic carbocycles. The average Bonchev–Trinajstić information content (AvgIpc) is 2.90. The fourth-order valence-electron chi connectivity index (χ4n) is 2.52. The maximum Gasteiger partial charge on any atom is 0.198 e. The first-order chi connectivity index (χ1) is 10.1. The van der Waals surface area contributed by atoms with Crippen LogP contribution in [0, 0.1) is 0 Å². The van der Waals surface area contributed by atoms with E-state index in [2.05, 4.69) is 67.2 Å². The Hall–Kier alpha value is -1.55. The summed E-state index contributed by atoms with van der Waals surface area (Å²) in [5.41, 5.74) is 2.72. The molecule has 0 spiro atoms. The highest BCUT2D eigenvalue weighted by Crippen LogP contribution is 2.27. The van der Waals surface area contributed by atoms with Crippen molar-refractivity contribution in [2.45, 2.75) is 33.2 Å². The van der Waals surface area contributed by atoms with Gasteiger partial charge in [-0.05, 0) is 45.9 Å². The lowest BCUT2D eigenvalue weighted by Gasteiger charge is -2.23. The van der Waals surface area contributed by atoms with Crippen LogP contribution in [0.5, 0.6) is 0 Å². The van der Waals surface area contributed by atoms with Crippen LogP contribution in [0.1, 0.15) is 26.3 Å². The van der Waals surface area contributed by atoms with Crippen LogP contribution in [0.25, 0.3) is 0 Å². The molecule has 0 fully saturated rings. The second-order valence-corrected chi connectivity index (χ2v) is 5.84. The third kappa shape index (κ3) is 3.97. The highest BCUT2D eigenvalue weighted by Gasteiger charge is 2.22. The van der Waals surface area contributed by atoms with Crippen LogP contribution < -0.4 is 10.2 Å². The molecule has 0 amide bonds. The van der Waals surface area contributed by atoms with Gasteiger partial charge in [-0.25, -0.2) is 0 Å². The van der Waals surface area contributed by atoms with Crippen LogP contribution in [0.4, 0.5) is 5.69 Å². The summed E-state index contributed by atoms with van der Waals surface area (Å²) in [6.07, 6.45) is 1.10. The molecule has 4 heteroatoms. The van der Waals surface area contributed by atoms with Crippen LogP contribution in [-0.4, -0.2) is 50.1 Å². The maximum atomic E-state index is 4.81. The van der Waals surface area contributed by atoms with Crippen molar-refractivity contribution in [2.24, 2.45) is 4.99 Å². The molecule has 0 atom stereocenters. The quantitative estimate of drug-likeness (QED) is 0.666. The van der Waals surface area contributed by atoms with E-state index in [9.17, 15) is 0 Å². The number of anilines is 1. The Labute approximate surface area is 128 Å². The van der Waals surface area contributed by atoms with Crippen LogP contribution in [0.3, 0.4) is 0 Å². The molecular formula is C17H28N4. The van der Waals surface area contributed by atoms with E-state index in [0.29, 0.717) is 6.04 Å². The fraction of sp³-hybridized carbons (Fsp3) is 0.588. The number of nitrogens with one attached hydrogen (secondary N) is 1. The van der Waals surface area contributed by atoms with Gasteiger partial charge >= 0.3 is 0 Å². The average molecular weight is 288 g/mol. The number of benzene rings is 1. The first-order valence-corrected chi connectivity index (χ1v) is 7.97. The summed E-state index contributed by atoms with van der Waals surface area (Å²) in [7, 11) is 2.15. The zero-order chi connectivity index (χ0) is 15.2. The van der Waals surface area contributed by atoms with Crippen molar-refractivity contribution in [1.29, 1.82) is 0 Å². The number of guanidine groups is 1. The van der Waals surface area contributed by atoms with Gasteiger partial charge in [-0.3, -0.25) is 4.99 Å². The van der Waals surface area contributed by atoms with E-state index in [1.807, 2.05) is 0 Å². The Morgan fingerprint density at radius 3 is 2.86 bits per heavy atom. The minimum atomic E-state index is 0.565. The highest BCUT2D eigenvalue weighted by atomic mass is 15.3. The van der Waals surface area contributed by atoms with Gasteiger partial charge in [-0.1, -0.05) is 18.2 Å². The Morgan fingerprint density at radius 1 is 1.38 bits per heavy atom. The zero-order valence-electron chi connectivity index (χ0n) is 13.8. The van der Waals surface area contributed by atoms with Crippen molar-refractivity contribution < 1.29 is 0 Å². The second kappa shape index (κ2) is 7.46. The molecule has 0 saturated carbocycles. The molecular weight excluding hydrogens is 260 g/mol. The number of hydrogen-bond acceptors (Lipinski definition) is 2. The van der Waals surface area contributed by atoms with Gasteiger partial charge in [0, 0.05) is 31.4 Å². The van der Waals surface area contributed by atoms with Gasteiger partial charge < -0.3 is 15.1 Å². The van der Waals surface area contributed by atoms with Gasteiger partial charge in [0.1, 0.15) is 0 Å². The lowest BCUT2D eigenvalue weighted by Crippen LogP contribution is -2.41. The SMILES string of the molecule is CCNC(=NCCN(C)C(C)C)N1CCc2ccccc21. The number of aliphatic imine (C=N–C) groups is 1. The molecule has 21 heavy (non-hydrogen) atoms. The second-order valence-electron chi connectivity index (χ2n) is 5.84. The Balaban J connectivity index is 2.06. The third-order valence-corrected chi connectivity index (χ3v) is 4.07. The van der Waals surface area contributed by atoms with E-state index in [4.69, 9.17) is 4.99 Å². The number of rotatable bonds is 5. The molecule has 116 valence electrons. The number of hydrogen-bond donors (Lipinski definition) is 1. The topological polar surface area (TPSA) is 30.9 Å². The normalized spacial score (nSPS) is 15.0. The summed E-state index contributed by atoms with van der Waals surface area (Å²) in [6, 6.07) is 9.19. The predicted octanol–water partition coefficient (Wildman–Crippen LogP) is 2.35. The lowest BCUT2D eigenvalue weighted by molar-refractivity contribution is 0.282. The molecule has 1 aliphatic heterocycles. The van der Waals surface area contributed by atoms with Gasteiger partial charge in [0.25, 0.3) is 0 Å². The molecule has 1 aliphatic rings. The number of fused-ring (bicyclic) bond motifs is 1. The van der Waals surface area contributed by atoms with Crippen molar-refractivity contribution in [2.75, 3.05) is 38.1 Å². The standard InChI is InChI=1S/C17H28N4/c1-5-18-17(19-11-13-20(4)14(2)3)21-12-10-15-8-6-7-9-16(15)21/h6-9,14H,5,10-13H2,1-4H3,(H,18,19). The number of likely N-dealkylation sites (N-methyl/N-ethyl adjacent to an activating group) is 1. The van der Waals surface area contributed by atoms with E-state index >= 15 is 0 Å². The van der Waals surface area contributed by atoms with Gasteiger partial charge in [0.05, 0.1) is 6.54 Å². The monoisotopic (exact) mass is 288 g/mol. The molecule has 0 unspecified atom stereocenters. The first-order valence-electron chi connectivity index (χ1n) is 7.97. The minimum Gasteiger partial charge on any atom is -0.356 e. The van der Waals surface area contributed by atoms with Crippen molar-refractivity contribution in [1.82, 2.24) is 10.2 Å². The molecule has 0 aromatic heterocycles. The van der Waals surface area contributed by atoms with Gasteiger partial charge in [-0.15, -0.1) is 0 Å². The van der Waals surface area contributed by atoms with Crippen molar-refractivity contribution in [3.8, 4) is 0 Å². The summed E-state index contributed by atoms with van der Waals surface area (Å²) in [5.74, 6) is 1.01. The van der Waals surface area contributed by atoms with Crippen molar-refractivity contribution >= 4 is 11.6 Å². The minimum absolute atomic E-state index is 0.565. The fourth-order valence-corrected chi connectivity index (χ4v) is 2.52. The summed E-state index contributed by atoms with van der Waals surface area (Å²) in [4.78, 5) is 9.44. The smallest absolute Gasteiger partial charge is 0.198 e. The Morgan fingerprint density at radius 2 is 2.14 bits per heavy atom. The molecule has 2 rings (SSSR count). The number of nitrogens with zero attached hydrogens (tertiary/aromatic N) is 3. The Bertz CT molecular complexity index is 481. The Kier molecular flexibility index (Phi) is 5.62. The molecule has 1 heterocycles. The van der Waals surface area contributed by atoms with Crippen molar-refractivity contribution in [3.05, 3.63) is 29.8 Å². The predicted molar refractivity (Wildman–Crippen MR) is 91.2 cm³/mol. The highest BCUT2D eigenvalue weighted by molar-refractivity contribution is 5.97. The largest absolute Gasteiger partial charge is 0.356 e. The summed E-state index contributed by atoms with van der Waals surface area (Å²) in [6.45, 7) is 10.3. The van der Waals surface area contributed by atoms with E-state index in [1.165, 1.54) is 11.3 Å². The molecule has 0 aliphatic carbocycles. The summed E-state index contributed by atoms with van der Waals surface area (Å²) >= 11 is 0. The van der Waals surface area contributed by atoms with Crippen LogP contribution in [0.15, 0.2) is 29.3 Å². The first kappa shape index (κ1) is 15.8. The summed E-state index contributed by atoms with van der Waals surface area (Å²) in [5, 5.41) is 3.43. The molecule has 1 N–H and O–H groups in total. The zero-order valence-corrected chi connectivity index (χ0v) is 13.8.